The first-order valence-electron chi connectivity index (χ1n) is 14.1. The summed E-state index contributed by atoms with van der Waals surface area (Å²) < 4.78 is 5.22. The van der Waals surface area contributed by atoms with Crippen LogP contribution in [0.1, 0.15) is 29.9 Å². The Morgan fingerprint density at radius 1 is 1.09 bits per heavy atom. The summed E-state index contributed by atoms with van der Waals surface area (Å²) in [5.74, 6) is 6.94. The Morgan fingerprint density at radius 2 is 1.68 bits per heavy atom. The molecule has 1 saturated carbocycles. The molecule has 2 aliphatic heterocycles. The summed E-state index contributed by atoms with van der Waals surface area (Å²) in [6.07, 6.45) is 6.21. The minimum Gasteiger partial charge on any atom is -0.509 e. The monoisotopic (exact) mass is 840 g/mol. The van der Waals surface area contributed by atoms with Crippen LogP contribution in [0.4, 0.5) is 0 Å². The average molecular weight is 841 g/mol. The van der Waals surface area contributed by atoms with Crippen LogP contribution in [0, 0.1) is 31.7 Å². The van der Waals surface area contributed by atoms with Gasteiger partial charge in [0.1, 0.15) is 18.2 Å². The molecule has 8 nitrogen and oxygen atoms in total. The van der Waals surface area contributed by atoms with Crippen molar-refractivity contribution in [3.8, 4) is 23.0 Å². The second kappa shape index (κ2) is 25.4. The molecule has 4 N–H and O–H groups in total. The zero-order valence-corrected chi connectivity index (χ0v) is 39.7. The summed E-state index contributed by atoms with van der Waals surface area (Å²) in [6.45, 7) is 11.5. The molecule has 0 aromatic heterocycles. The quantitative estimate of drug-likeness (QED) is 0.105. The van der Waals surface area contributed by atoms with Crippen LogP contribution in [0.15, 0.2) is 73.3 Å². The zero-order valence-electron chi connectivity index (χ0n) is 27.1. The van der Waals surface area contributed by atoms with Gasteiger partial charge in [0.2, 0.25) is 0 Å². The Morgan fingerprint density at radius 3 is 2.23 bits per heavy atom. The van der Waals surface area contributed by atoms with Crippen LogP contribution in [-0.2, 0) is 9.53 Å². The molecule has 2 heterocycles. The van der Waals surface area contributed by atoms with Crippen molar-refractivity contribution < 1.29 is 158 Å². The number of likely N-dealkylation sites (N-methyl/N-ethyl adjacent to an activating group) is 1. The van der Waals surface area contributed by atoms with E-state index in [1.807, 2.05) is 19.2 Å². The summed E-state index contributed by atoms with van der Waals surface area (Å²) in [5.41, 5.74) is 4.56. The van der Waals surface area contributed by atoms with Crippen molar-refractivity contribution in [2.24, 2.45) is 5.92 Å². The number of aliphatic hydroxyl groups excluding tert-OH is 2. The van der Waals surface area contributed by atoms with Gasteiger partial charge in [0, 0.05) is 51.6 Å². The first-order chi connectivity index (χ1) is 20.1. The molecule has 0 amide bonds. The van der Waals surface area contributed by atoms with Crippen molar-refractivity contribution >= 4 is 6.29 Å². The van der Waals surface area contributed by atoms with Crippen molar-refractivity contribution in [1.29, 1.82) is 0 Å². The van der Waals surface area contributed by atoms with Gasteiger partial charge in [-0.05, 0) is 42.5 Å². The fourth-order valence-electron chi connectivity index (χ4n) is 4.80. The van der Waals surface area contributed by atoms with Crippen LogP contribution in [0.5, 0.6) is 0 Å². The number of hydrogen-bond donors (Lipinski definition) is 4. The molecule has 228 valence electrons. The number of carbonyl (C=O) groups excluding carboxylic acids is 1. The van der Waals surface area contributed by atoms with E-state index in [9.17, 15) is 9.90 Å². The molecule has 1 atom stereocenters. The maximum Gasteiger partial charge on any atom is 1.00 e. The van der Waals surface area contributed by atoms with Gasteiger partial charge < -0.3 is 42.7 Å². The Kier molecular flexibility index (Phi) is 25.6. The van der Waals surface area contributed by atoms with Gasteiger partial charge in [-0.2, -0.15) is 0 Å². The normalized spacial score (nSPS) is 19.5. The summed E-state index contributed by atoms with van der Waals surface area (Å²) >= 11 is 0. The van der Waals surface area contributed by atoms with E-state index in [-0.39, 0.29) is 163 Å². The van der Waals surface area contributed by atoms with Crippen molar-refractivity contribution in [3.05, 3.63) is 98.4 Å². The predicted molar refractivity (Wildman–Crippen MR) is 170 cm³/mol. The van der Waals surface area contributed by atoms with Gasteiger partial charge >= 0.3 is 138 Å². The number of ether oxygens (including phenoxy) is 1. The van der Waals surface area contributed by atoms with Gasteiger partial charge in [-0.25, -0.2) is 0 Å². The number of nitrogens with one attached hydrogen (secondary N) is 2. The van der Waals surface area contributed by atoms with Crippen LogP contribution in [0.2, 0.25) is 0 Å². The topological polar surface area (TPSA) is 97.3 Å². The van der Waals surface area contributed by atoms with Gasteiger partial charge in [0.25, 0.3) is 0 Å². The largest absolute Gasteiger partial charge is 1.00 e. The van der Waals surface area contributed by atoms with Crippen LogP contribution in [-0.4, -0.2) is 86.0 Å². The third kappa shape index (κ3) is 14.6. The van der Waals surface area contributed by atoms with Gasteiger partial charge in [-0.15, -0.1) is 0 Å². The molecule has 2 aromatic carbocycles. The van der Waals surface area contributed by atoms with Crippen molar-refractivity contribution in [3.63, 3.8) is 0 Å². The molecule has 3 aliphatic rings. The van der Waals surface area contributed by atoms with E-state index in [4.69, 9.17) is 9.84 Å². The molecule has 0 bridgehead atoms. The molecule has 5 rings (SSSR count). The van der Waals surface area contributed by atoms with Crippen LogP contribution in [0.25, 0.3) is 11.1 Å². The van der Waals surface area contributed by atoms with E-state index in [2.05, 4.69) is 70.4 Å². The molecule has 0 radical (unpaired) electrons. The molecule has 1 unspecified atom stereocenters. The van der Waals surface area contributed by atoms with Gasteiger partial charge in [-0.3, -0.25) is 16.7 Å². The molecule has 44 heavy (non-hydrogen) atoms. The Hall–Kier alpha value is 0.364. The van der Waals surface area contributed by atoms with E-state index in [1.165, 1.54) is 11.1 Å². The van der Waals surface area contributed by atoms with E-state index in [1.54, 1.807) is 23.8 Å². The molecule has 2 aromatic rings. The third-order valence-corrected chi connectivity index (χ3v) is 7.29. The number of carbonyl (C=O) groups is 1. The van der Waals surface area contributed by atoms with Gasteiger partial charge in [0.05, 0.1) is 13.2 Å². The number of hydrogen-bond acceptors (Lipinski definition) is 8. The number of nitrogens with zero attached hydrogens (tertiary/aromatic N) is 2. The Bertz CT molecular complexity index is 1170. The predicted octanol–water partition coefficient (Wildman–Crippen LogP) is -2.06. The second-order valence-corrected chi connectivity index (χ2v) is 10.0. The molecule has 10 heteroatoms. The summed E-state index contributed by atoms with van der Waals surface area (Å²) in [5, 5.41) is 22.7. The number of morpholine rings is 1. The van der Waals surface area contributed by atoms with Gasteiger partial charge in [-0.1, -0.05) is 67.2 Å². The molecule has 1 saturated heterocycles. The fourth-order valence-corrected chi connectivity index (χ4v) is 4.80. The Balaban J connectivity index is 0.00000105. The van der Waals surface area contributed by atoms with E-state index in [0.29, 0.717) is 5.92 Å². The van der Waals surface area contributed by atoms with E-state index >= 15 is 0 Å². The minimum absolute atomic E-state index is 0. The molecule has 2 fully saturated rings. The van der Waals surface area contributed by atoms with Gasteiger partial charge in [0.15, 0.2) is 0 Å². The second-order valence-electron chi connectivity index (χ2n) is 10.0. The van der Waals surface area contributed by atoms with Crippen LogP contribution < -0.4 is 148 Å². The summed E-state index contributed by atoms with van der Waals surface area (Å²) in [7, 11) is 2.99. The number of benzene rings is 2. The third-order valence-electron chi connectivity index (χ3n) is 7.29. The Labute approximate surface area is 382 Å². The van der Waals surface area contributed by atoms with Crippen molar-refractivity contribution in [1.82, 2.24) is 20.4 Å². The van der Waals surface area contributed by atoms with Crippen molar-refractivity contribution in [2.45, 2.75) is 24.9 Å². The zero-order chi connectivity index (χ0) is 29.5. The van der Waals surface area contributed by atoms with Crippen molar-refractivity contribution in [2.75, 3.05) is 53.6 Å². The fraction of sp³-hybridized carbons (Fsp3) is 0.382. The van der Waals surface area contributed by atoms with Crippen LogP contribution in [0.3, 0.4) is 0 Å². The standard InChI is InChI=1S/C25H23N2O2.C7H16N2O.CH4O.CH3.2Cs/c1-18(29)25-26-12-14-27(25)13-2-3-19-4-6-21(7-5-19)22-8-10-23(11-9-22)24-15-20(16-24)17-28;1-8-2-3-9-4-6-10-7-5-9;1-2;;;/h4-14,17,20,24-26,29H,1,15-16H2;8H,2-7H2,1H3;2H,1H3;1H3;;/q-1;;;-1;2*+1. The SMILES string of the molecule is C=C(O)C1NC=CN1[CH-]C#Cc1ccc(-c2ccc(C3CC(C=O)C3)cc2)cc1.CNCCN1CCOCC1.CO.[CH3-].[Cs+].[Cs+]. The molecular weight excluding hydrogens is 794 g/mol. The number of aldehydes is 1. The average Bonchev–Trinajstić information content (AvgIpc) is 3.47. The van der Waals surface area contributed by atoms with Crippen LogP contribution >= 0.6 is 0 Å². The number of rotatable bonds is 8. The maximum absolute atomic E-state index is 10.8. The first kappa shape index (κ1) is 44.4. The summed E-state index contributed by atoms with van der Waals surface area (Å²) in [4.78, 5) is 15.0. The number of aliphatic hydroxyl groups is 2. The molecule has 1 aliphatic carbocycles. The van der Waals surface area contributed by atoms with E-state index < -0.39 is 0 Å². The summed E-state index contributed by atoms with van der Waals surface area (Å²) in [6, 6.07) is 16.8. The molecular formula is C34H46Cs2N4O4. The molecule has 0 spiro atoms. The first-order valence-corrected chi connectivity index (χ1v) is 14.1. The minimum atomic E-state index is -0.362. The smallest absolute Gasteiger partial charge is 0.509 e. The maximum atomic E-state index is 10.8. The van der Waals surface area contributed by atoms with E-state index in [0.717, 1.165) is 76.8 Å².